The molecule has 250 valence electrons. The molecule has 0 saturated heterocycles. The predicted octanol–water partition coefficient (Wildman–Crippen LogP) is 12.9. The first-order valence-corrected chi connectivity index (χ1v) is 18.8. The number of nitrogens with zero attached hydrogens (tertiary/aromatic N) is 2. The first-order chi connectivity index (χ1) is 26.8. The van der Waals surface area contributed by atoms with E-state index in [1.54, 1.807) is 0 Å². The Labute approximate surface area is 312 Å². The second-order valence-corrected chi connectivity index (χ2v) is 14.8. The zero-order valence-corrected chi connectivity index (χ0v) is 29.4. The molecule has 2 unspecified atom stereocenters. The van der Waals surface area contributed by atoms with Gasteiger partial charge in [0.05, 0.1) is 16.6 Å². The summed E-state index contributed by atoms with van der Waals surface area (Å²) in [4.78, 5) is 10.0. The fourth-order valence-electron chi connectivity index (χ4n) is 9.68. The highest BCUT2D eigenvalue weighted by atomic mass is 14.7. The number of allylic oxidation sites excluding steroid dienone is 14. The van der Waals surface area contributed by atoms with Crippen molar-refractivity contribution in [2.75, 3.05) is 0 Å². The molecular formula is C52H32N2. The summed E-state index contributed by atoms with van der Waals surface area (Å²) in [6.45, 7) is 0. The Morgan fingerprint density at radius 1 is 0.463 bits per heavy atom. The van der Waals surface area contributed by atoms with Crippen LogP contribution in [0, 0.1) is 11.8 Å². The molecule has 0 fully saturated rings. The molecule has 2 atom stereocenters. The topological polar surface area (TPSA) is 25.8 Å². The lowest BCUT2D eigenvalue weighted by molar-refractivity contribution is 0.569. The molecule has 6 aromatic carbocycles. The van der Waals surface area contributed by atoms with Crippen LogP contribution in [0.2, 0.25) is 0 Å². The van der Waals surface area contributed by atoms with E-state index in [1.165, 1.54) is 82.6 Å². The van der Waals surface area contributed by atoms with Gasteiger partial charge < -0.3 is 0 Å². The average Bonchev–Trinajstić information content (AvgIpc) is 3.24. The summed E-state index contributed by atoms with van der Waals surface area (Å²) in [5.41, 5.74) is 16.0. The van der Waals surface area contributed by atoms with Crippen LogP contribution >= 0.6 is 0 Å². The second-order valence-electron chi connectivity index (χ2n) is 14.8. The van der Waals surface area contributed by atoms with Crippen molar-refractivity contribution in [3.05, 3.63) is 216 Å². The first kappa shape index (κ1) is 29.7. The molecule has 4 aliphatic rings. The largest absolute Gasteiger partial charge is 0.254 e. The third-order valence-corrected chi connectivity index (χ3v) is 12.1. The molecule has 0 spiro atoms. The normalized spacial score (nSPS) is 18.6. The van der Waals surface area contributed by atoms with Gasteiger partial charge in [-0.05, 0) is 89.9 Å². The van der Waals surface area contributed by atoms with Crippen LogP contribution < -0.4 is 0 Å². The van der Waals surface area contributed by atoms with E-state index < -0.39 is 0 Å². The van der Waals surface area contributed by atoms with Gasteiger partial charge in [-0.1, -0.05) is 158 Å². The van der Waals surface area contributed by atoms with E-state index in [0.717, 1.165) is 27.3 Å². The zero-order chi connectivity index (χ0) is 35.3. The van der Waals surface area contributed by atoms with E-state index in [2.05, 4.69) is 170 Å². The van der Waals surface area contributed by atoms with Gasteiger partial charge in [-0.2, -0.15) is 0 Å². The van der Waals surface area contributed by atoms with E-state index in [0.29, 0.717) is 0 Å². The highest BCUT2D eigenvalue weighted by Crippen LogP contribution is 2.55. The number of hydrogen-bond acceptors (Lipinski definition) is 2. The van der Waals surface area contributed by atoms with Crippen molar-refractivity contribution in [3.8, 4) is 11.1 Å². The molecule has 54 heavy (non-hydrogen) atoms. The van der Waals surface area contributed by atoms with Gasteiger partial charge in [0, 0.05) is 39.8 Å². The van der Waals surface area contributed by atoms with Crippen LogP contribution in [0.4, 0.5) is 0 Å². The molecule has 4 aliphatic carbocycles. The molecule has 0 saturated carbocycles. The number of fused-ring (bicyclic) bond motifs is 7. The minimum absolute atomic E-state index is 0.217. The van der Waals surface area contributed by atoms with Crippen LogP contribution in [0.1, 0.15) is 11.1 Å². The van der Waals surface area contributed by atoms with E-state index in [4.69, 9.17) is 9.97 Å². The summed E-state index contributed by atoms with van der Waals surface area (Å²) in [6, 6.07) is 46.2. The monoisotopic (exact) mass is 684 g/mol. The van der Waals surface area contributed by atoms with E-state index in [9.17, 15) is 0 Å². The average molecular weight is 685 g/mol. The number of benzene rings is 6. The molecule has 0 bridgehead atoms. The van der Waals surface area contributed by atoms with E-state index in [-0.39, 0.29) is 11.8 Å². The van der Waals surface area contributed by atoms with Gasteiger partial charge >= 0.3 is 0 Å². The van der Waals surface area contributed by atoms with Crippen molar-refractivity contribution in [3.63, 3.8) is 0 Å². The van der Waals surface area contributed by atoms with Gasteiger partial charge in [0.2, 0.25) is 0 Å². The highest BCUT2D eigenvalue weighted by molar-refractivity contribution is 6.16. The molecule has 0 N–H and O–H groups in total. The molecule has 2 nitrogen and oxygen atoms in total. The van der Waals surface area contributed by atoms with Gasteiger partial charge in [-0.3, -0.25) is 4.98 Å². The van der Waals surface area contributed by atoms with Crippen LogP contribution in [0.25, 0.3) is 76.5 Å². The SMILES string of the molecule is C1=CC2=C(c3cccc4c3ccc3ccc(-c5ccccc5)cc34)C=C3C=CC(c4c5ccccc5nc5c4ccc4cccnc45)=C4C=CC(=C1)C2C34. The minimum Gasteiger partial charge on any atom is -0.254 e. The van der Waals surface area contributed by atoms with Crippen molar-refractivity contribution in [2.24, 2.45) is 11.8 Å². The third-order valence-electron chi connectivity index (χ3n) is 12.1. The van der Waals surface area contributed by atoms with Gasteiger partial charge in [0.1, 0.15) is 0 Å². The minimum atomic E-state index is 0.217. The van der Waals surface area contributed by atoms with Crippen molar-refractivity contribution >= 4 is 65.4 Å². The van der Waals surface area contributed by atoms with Crippen LogP contribution in [-0.2, 0) is 0 Å². The zero-order valence-electron chi connectivity index (χ0n) is 29.4. The Balaban J connectivity index is 1.06. The molecule has 2 heteroatoms. The fourth-order valence-corrected chi connectivity index (χ4v) is 9.68. The Bertz CT molecular complexity index is 3200. The molecule has 0 amide bonds. The lowest BCUT2D eigenvalue weighted by Crippen LogP contribution is -2.30. The molecule has 2 aromatic heterocycles. The first-order valence-electron chi connectivity index (χ1n) is 18.8. The Kier molecular flexibility index (Phi) is 6.20. The van der Waals surface area contributed by atoms with Gasteiger partial charge in [0.15, 0.2) is 0 Å². The molecule has 0 aliphatic heterocycles. The van der Waals surface area contributed by atoms with E-state index in [1.807, 2.05) is 12.3 Å². The Morgan fingerprint density at radius 2 is 1.26 bits per heavy atom. The standard InChI is InChI=1S/C52H32N2/c1-2-9-31(10-3-1)35-19-18-32-20-24-39-37(45(32)29-35)14-7-15-38(39)46-30-36-23-26-42(41-25-21-33-11-6-16-40(46)48(33)49(36)41)50-43-13-4-5-17-47(43)54-52-44(50)27-22-34-12-8-28-53-51(34)52/h1-30,48-49H. The number of para-hydroxylation sites is 1. The second kappa shape index (κ2) is 11.3. The quantitative estimate of drug-likeness (QED) is 0.137. The summed E-state index contributed by atoms with van der Waals surface area (Å²) in [6.07, 6.45) is 20.8. The number of rotatable bonds is 3. The lowest BCUT2D eigenvalue weighted by atomic mass is 9.61. The van der Waals surface area contributed by atoms with Crippen molar-refractivity contribution in [2.45, 2.75) is 0 Å². The predicted molar refractivity (Wildman–Crippen MR) is 226 cm³/mol. The number of pyridine rings is 2. The molecular weight excluding hydrogens is 653 g/mol. The van der Waals surface area contributed by atoms with Crippen LogP contribution in [0.15, 0.2) is 204 Å². The van der Waals surface area contributed by atoms with Gasteiger partial charge in [-0.25, -0.2) is 4.98 Å². The van der Waals surface area contributed by atoms with Gasteiger partial charge in [0.25, 0.3) is 0 Å². The molecule has 0 radical (unpaired) electrons. The Hall–Kier alpha value is -6.90. The van der Waals surface area contributed by atoms with Crippen molar-refractivity contribution in [1.82, 2.24) is 9.97 Å². The summed E-state index contributed by atoms with van der Waals surface area (Å²) < 4.78 is 0. The maximum atomic E-state index is 5.21. The molecule has 12 rings (SSSR count). The van der Waals surface area contributed by atoms with Crippen LogP contribution in [0.5, 0.6) is 0 Å². The lowest BCUT2D eigenvalue weighted by Gasteiger charge is -2.42. The molecule has 2 heterocycles. The van der Waals surface area contributed by atoms with E-state index >= 15 is 0 Å². The van der Waals surface area contributed by atoms with Crippen molar-refractivity contribution in [1.29, 1.82) is 0 Å². The number of hydrogen-bond donors (Lipinski definition) is 0. The van der Waals surface area contributed by atoms with Crippen LogP contribution in [-0.4, -0.2) is 9.97 Å². The highest BCUT2D eigenvalue weighted by Gasteiger charge is 2.41. The summed E-state index contributed by atoms with van der Waals surface area (Å²) in [5.74, 6) is 0.446. The third kappa shape index (κ3) is 4.22. The summed E-state index contributed by atoms with van der Waals surface area (Å²) in [7, 11) is 0. The summed E-state index contributed by atoms with van der Waals surface area (Å²) >= 11 is 0. The maximum Gasteiger partial charge on any atom is 0.0978 e. The fraction of sp³-hybridized carbons (Fsp3) is 0.0385. The maximum absolute atomic E-state index is 5.21. The van der Waals surface area contributed by atoms with Crippen molar-refractivity contribution < 1.29 is 0 Å². The van der Waals surface area contributed by atoms with Crippen LogP contribution in [0.3, 0.4) is 0 Å². The summed E-state index contributed by atoms with van der Waals surface area (Å²) in [5, 5.41) is 8.54. The number of aromatic nitrogens is 2. The Morgan fingerprint density at radius 3 is 2.22 bits per heavy atom. The molecule has 8 aromatic rings. The smallest absolute Gasteiger partial charge is 0.0978 e. The van der Waals surface area contributed by atoms with Gasteiger partial charge in [-0.15, -0.1) is 0 Å².